The van der Waals surface area contributed by atoms with Crippen LogP contribution in [0, 0.1) is 0 Å². The van der Waals surface area contributed by atoms with E-state index in [2.05, 4.69) is 263 Å². The van der Waals surface area contributed by atoms with E-state index < -0.39 is 0 Å². The average Bonchev–Trinajstić information content (AvgIpc) is 4.03. The van der Waals surface area contributed by atoms with Gasteiger partial charge in [0.15, 0.2) is 0 Å². The molecule has 4 nitrogen and oxygen atoms in total. The van der Waals surface area contributed by atoms with E-state index in [0.29, 0.717) is 0 Å². The maximum absolute atomic E-state index is 5.07. The molecule has 1 radical (unpaired) electrons. The second-order valence-electron chi connectivity index (χ2n) is 19.0. The van der Waals surface area contributed by atoms with E-state index in [-0.39, 0.29) is 0 Å². The number of nitrogens with zero attached hydrogens (tertiary/aromatic N) is 2. The molecule has 4 aromatic heterocycles. The maximum atomic E-state index is 5.07. The first-order chi connectivity index (χ1) is 36.1. The number of aromatic amines is 2. The SMILES string of the molecule is [Se]c1cccc(-c2ccccc2-c2c(-c3ccccc3)ccc3[nH]c4ccc5nc6ccccc6c5c4cc23)c1-c1ccccc1-c1c(-c2ccccc2)ccc2[nH]c3ccc4nc5ccccc5c4c3cc12. The quantitative estimate of drug-likeness (QED) is 0.129. The molecule has 0 aliphatic heterocycles. The van der Waals surface area contributed by atoms with Gasteiger partial charge in [-0.25, -0.2) is 0 Å². The summed E-state index contributed by atoms with van der Waals surface area (Å²) in [5.41, 5.74) is 22.2. The summed E-state index contributed by atoms with van der Waals surface area (Å²) in [4.78, 5) is 17.9. The molecule has 11 aromatic carbocycles. The normalized spacial score (nSPS) is 11.9. The molecule has 15 rings (SSSR count). The van der Waals surface area contributed by atoms with E-state index in [1.807, 2.05) is 0 Å². The molecule has 0 aliphatic carbocycles. The second-order valence-corrected chi connectivity index (χ2v) is 20.0. The third-order valence-corrected chi connectivity index (χ3v) is 15.7. The number of H-pyrrole nitrogens is 2. The van der Waals surface area contributed by atoms with E-state index in [1.165, 1.54) is 33.0 Å². The van der Waals surface area contributed by atoms with Crippen LogP contribution >= 0.6 is 0 Å². The summed E-state index contributed by atoms with van der Waals surface area (Å²) < 4.78 is 1.08. The molecule has 0 aliphatic rings. The fraction of sp³-hybridized carbons (Fsp3) is 0. The minimum atomic E-state index is 0.999. The van der Waals surface area contributed by atoms with Gasteiger partial charge in [0.25, 0.3) is 0 Å². The van der Waals surface area contributed by atoms with Gasteiger partial charge in [-0.05, 0) is 6.07 Å². The summed E-state index contributed by atoms with van der Waals surface area (Å²) in [6, 6.07) is 85.8. The molecule has 4 heterocycles. The molecule has 15 aromatic rings. The van der Waals surface area contributed by atoms with E-state index in [4.69, 9.17) is 9.97 Å². The van der Waals surface area contributed by atoms with Gasteiger partial charge in [0, 0.05) is 0 Å². The van der Waals surface area contributed by atoms with Crippen LogP contribution in [-0.2, 0) is 0 Å². The Morgan fingerprint density at radius 3 is 1.18 bits per heavy atom. The molecule has 2 N–H and O–H groups in total. The molecule has 5 heteroatoms. The summed E-state index contributed by atoms with van der Waals surface area (Å²) in [6.45, 7) is 0. The van der Waals surface area contributed by atoms with Gasteiger partial charge in [0.2, 0.25) is 0 Å². The van der Waals surface area contributed by atoms with Crippen LogP contribution in [0.1, 0.15) is 0 Å². The van der Waals surface area contributed by atoms with Crippen molar-refractivity contribution < 1.29 is 0 Å². The number of fused-ring (bicyclic) bond motifs is 12. The third kappa shape index (κ3) is 6.53. The van der Waals surface area contributed by atoms with Crippen molar-refractivity contribution in [2.24, 2.45) is 0 Å². The Morgan fingerprint density at radius 2 is 0.658 bits per heavy atom. The number of hydrogen-bond donors (Lipinski definition) is 2. The van der Waals surface area contributed by atoms with E-state index in [0.717, 1.165) is 125 Å². The predicted octanol–water partition coefficient (Wildman–Crippen LogP) is 17.2. The molecule has 0 fully saturated rings. The van der Waals surface area contributed by atoms with Gasteiger partial charge in [-0.2, -0.15) is 0 Å². The molecular weight excluding hydrogens is 952 g/mol. The monoisotopic (exact) mass is 993 g/mol. The first kappa shape index (κ1) is 41.6. The van der Waals surface area contributed by atoms with Crippen LogP contribution in [0.25, 0.3) is 154 Å². The number of pyridine rings is 2. The summed E-state index contributed by atoms with van der Waals surface area (Å²) in [6.07, 6.45) is 0. The van der Waals surface area contributed by atoms with Crippen LogP contribution in [-0.4, -0.2) is 35.9 Å². The van der Waals surface area contributed by atoms with Crippen LogP contribution in [0.2, 0.25) is 0 Å². The molecule has 0 unspecified atom stereocenters. The minimum absolute atomic E-state index is 0.999. The van der Waals surface area contributed by atoms with Crippen molar-refractivity contribution in [1.82, 2.24) is 19.9 Å². The van der Waals surface area contributed by atoms with Crippen molar-refractivity contribution in [3.05, 3.63) is 237 Å². The fourth-order valence-corrected chi connectivity index (χ4v) is 12.5. The van der Waals surface area contributed by atoms with Crippen molar-refractivity contribution >= 4 is 108 Å². The Labute approximate surface area is 428 Å². The summed E-state index contributed by atoms with van der Waals surface area (Å²) in [5.74, 6) is 0. The molecule has 0 amide bonds. The molecule has 0 spiro atoms. The second kappa shape index (κ2) is 16.5. The molecule has 339 valence electrons. The van der Waals surface area contributed by atoms with Crippen molar-refractivity contribution in [3.63, 3.8) is 0 Å². The predicted molar refractivity (Wildman–Crippen MR) is 309 cm³/mol. The fourth-order valence-electron chi connectivity index (χ4n) is 11.8. The zero-order valence-electron chi connectivity index (χ0n) is 39.3. The summed E-state index contributed by atoms with van der Waals surface area (Å²) in [7, 11) is 0. The zero-order chi connectivity index (χ0) is 48.1. The number of benzene rings is 11. The topological polar surface area (TPSA) is 57.4 Å². The van der Waals surface area contributed by atoms with Crippen molar-refractivity contribution in [3.8, 4) is 66.8 Å². The molecule has 0 saturated carbocycles. The van der Waals surface area contributed by atoms with Gasteiger partial charge < -0.3 is 0 Å². The molecule has 0 saturated heterocycles. The van der Waals surface area contributed by atoms with Crippen LogP contribution in [0.3, 0.4) is 0 Å². The summed E-state index contributed by atoms with van der Waals surface area (Å²) in [5, 5.41) is 9.26. The average molecular weight is 993 g/mol. The number of nitrogens with one attached hydrogen (secondary N) is 2. The van der Waals surface area contributed by atoms with Crippen LogP contribution in [0.5, 0.6) is 0 Å². The van der Waals surface area contributed by atoms with Crippen molar-refractivity contribution in [2.75, 3.05) is 0 Å². The number of aromatic nitrogens is 4. The number of hydrogen-bond acceptors (Lipinski definition) is 2. The first-order valence-corrected chi connectivity index (χ1v) is 25.6. The molecule has 0 bridgehead atoms. The van der Waals surface area contributed by atoms with Crippen LogP contribution in [0.4, 0.5) is 0 Å². The van der Waals surface area contributed by atoms with Crippen LogP contribution in [0.15, 0.2) is 237 Å². The first-order valence-electron chi connectivity index (χ1n) is 24.8. The van der Waals surface area contributed by atoms with E-state index in [1.54, 1.807) is 0 Å². The number of para-hydroxylation sites is 2. The van der Waals surface area contributed by atoms with Gasteiger partial charge in [0.05, 0.1) is 0 Å². The summed E-state index contributed by atoms with van der Waals surface area (Å²) >= 11 is 3.55. The standard InChI is InChI=1S/C68H41N4Se/c73-63-29-15-26-46(44-20-7-8-21-45(44)64-42(40-16-3-1-4-17-40)30-32-57-51(64)38-53-59(69-57)34-36-61-66(53)49-24-11-13-27-55(49)71-61)68(63)48-23-10-9-22-47(48)65-43(41-18-5-2-6-19-41)31-33-58-52(65)39-54-60(70-58)35-37-62-67(54)50-25-12-14-28-56(50)72-62/h1-39,69-70H. The molecular formula is C68H41N4Se. The van der Waals surface area contributed by atoms with Crippen LogP contribution < -0.4 is 4.46 Å². The molecule has 0 atom stereocenters. The Kier molecular flexibility index (Phi) is 9.40. The van der Waals surface area contributed by atoms with Gasteiger partial charge in [-0.1, -0.05) is 18.2 Å². The third-order valence-electron chi connectivity index (χ3n) is 15.0. The van der Waals surface area contributed by atoms with Crippen molar-refractivity contribution in [1.29, 1.82) is 0 Å². The number of rotatable bonds is 6. The van der Waals surface area contributed by atoms with Gasteiger partial charge in [0.1, 0.15) is 0 Å². The Balaban J connectivity index is 1.01. The van der Waals surface area contributed by atoms with Gasteiger partial charge in [-0.3, -0.25) is 0 Å². The van der Waals surface area contributed by atoms with E-state index in [9.17, 15) is 0 Å². The Bertz CT molecular complexity index is 4740. The zero-order valence-corrected chi connectivity index (χ0v) is 41.0. The Morgan fingerprint density at radius 1 is 0.260 bits per heavy atom. The van der Waals surface area contributed by atoms with Crippen molar-refractivity contribution in [2.45, 2.75) is 0 Å². The molecule has 73 heavy (non-hydrogen) atoms. The van der Waals surface area contributed by atoms with Gasteiger partial charge >= 0.3 is 407 Å². The Hall–Kier alpha value is -9.12. The van der Waals surface area contributed by atoms with Gasteiger partial charge in [-0.15, -0.1) is 0 Å². The van der Waals surface area contributed by atoms with E-state index >= 15 is 0 Å².